The van der Waals surface area contributed by atoms with E-state index in [1.807, 2.05) is 49.5 Å². The largest absolute Gasteiger partial charge is 0.497 e. The summed E-state index contributed by atoms with van der Waals surface area (Å²) in [6, 6.07) is 14.3. The van der Waals surface area contributed by atoms with Gasteiger partial charge in [0.1, 0.15) is 5.75 Å². The summed E-state index contributed by atoms with van der Waals surface area (Å²) in [6.45, 7) is 2.30. The van der Waals surface area contributed by atoms with Crippen LogP contribution in [0.3, 0.4) is 0 Å². The van der Waals surface area contributed by atoms with Crippen molar-refractivity contribution in [1.29, 1.82) is 0 Å². The number of benzene rings is 2. The van der Waals surface area contributed by atoms with Crippen molar-refractivity contribution in [3.8, 4) is 11.4 Å². The van der Waals surface area contributed by atoms with Gasteiger partial charge in [-0.15, -0.1) is 0 Å². The summed E-state index contributed by atoms with van der Waals surface area (Å²) < 4.78 is 31.1. The average molecular weight is 440 g/mol. The second-order valence-electron chi connectivity index (χ2n) is 7.85. The Bertz CT molecular complexity index is 1170. The van der Waals surface area contributed by atoms with Crippen LogP contribution in [0, 0.1) is 6.92 Å². The zero-order valence-corrected chi connectivity index (χ0v) is 18.4. The van der Waals surface area contributed by atoms with Crippen LogP contribution in [0.2, 0.25) is 0 Å². The number of amides is 1. The van der Waals surface area contributed by atoms with Crippen molar-refractivity contribution in [2.75, 3.05) is 18.6 Å². The van der Waals surface area contributed by atoms with Gasteiger partial charge in [0.05, 0.1) is 30.5 Å². The Labute approximate surface area is 182 Å². The minimum atomic E-state index is -3.13. The highest BCUT2D eigenvalue weighted by Crippen LogP contribution is 2.24. The maximum Gasteiger partial charge on any atom is 0.254 e. The Hall–Kier alpha value is -3.13. The summed E-state index contributed by atoms with van der Waals surface area (Å²) in [6.07, 6.45) is 4.14. The first-order valence-corrected chi connectivity index (χ1v) is 11.9. The molecule has 162 valence electrons. The van der Waals surface area contributed by atoms with Crippen LogP contribution in [-0.2, 0) is 16.4 Å². The number of rotatable bonds is 6. The van der Waals surface area contributed by atoms with Crippen molar-refractivity contribution in [3.63, 3.8) is 0 Å². The number of ether oxygens (including phenoxy) is 1. The molecule has 2 aromatic carbocycles. The fraction of sp³-hybridized carbons (Fsp3) is 0.304. The number of aromatic nitrogens is 2. The Balaban J connectivity index is 1.59. The monoisotopic (exact) mass is 439 g/mol. The second-order valence-corrected chi connectivity index (χ2v) is 10.1. The van der Waals surface area contributed by atoms with E-state index in [0.717, 1.165) is 22.6 Å². The van der Waals surface area contributed by atoms with Crippen LogP contribution in [0.15, 0.2) is 60.9 Å². The maximum atomic E-state index is 13.4. The number of nitrogens with zero attached hydrogens (tertiary/aromatic N) is 3. The zero-order chi connectivity index (χ0) is 22.0. The highest BCUT2D eigenvalue weighted by Gasteiger charge is 2.35. The van der Waals surface area contributed by atoms with Crippen molar-refractivity contribution in [2.24, 2.45) is 0 Å². The number of hydrogen-bond acceptors (Lipinski definition) is 5. The summed E-state index contributed by atoms with van der Waals surface area (Å²) in [7, 11) is -1.53. The molecule has 1 saturated heterocycles. The van der Waals surface area contributed by atoms with E-state index in [1.165, 1.54) is 0 Å². The van der Waals surface area contributed by atoms with Crippen LogP contribution >= 0.6 is 0 Å². The lowest BCUT2D eigenvalue weighted by Gasteiger charge is -2.28. The Kier molecular flexibility index (Phi) is 5.82. The smallest absolute Gasteiger partial charge is 0.254 e. The van der Waals surface area contributed by atoms with Gasteiger partial charge in [-0.1, -0.05) is 12.1 Å². The summed E-state index contributed by atoms with van der Waals surface area (Å²) in [5, 5.41) is 4.29. The first-order chi connectivity index (χ1) is 14.8. The van der Waals surface area contributed by atoms with E-state index in [9.17, 15) is 13.2 Å². The quantitative estimate of drug-likeness (QED) is 0.590. The van der Waals surface area contributed by atoms with Crippen LogP contribution in [0.25, 0.3) is 5.69 Å². The zero-order valence-electron chi connectivity index (χ0n) is 17.6. The van der Waals surface area contributed by atoms with Gasteiger partial charge in [0.25, 0.3) is 5.91 Å². The number of sulfone groups is 1. The number of hydrogen-bond donors (Lipinski definition) is 0. The number of aryl methyl sites for hydroxylation is 1. The molecule has 0 bridgehead atoms. The van der Waals surface area contributed by atoms with E-state index in [4.69, 9.17) is 4.74 Å². The van der Waals surface area contributed by atoms with E-state index in [1.54, 1.807) is 35.0 Å². The molecule has 1 atom stereocenters. The summed E-state index contributed by atoms with van der Waals surface area (Å²) in [5.41, 5.74) is 3.34. The van der Waals surface area contributed by atoms with Gasteiger partial charge in [-0.3, -0.25) is 4.79 Å². The molecule has 2 heterocycles. The molecule has 1 amide bonds. The van der Waals surface area contributed by atoms with Gasteiger partial charge in [0, 0.05) is 24.3 Å². The van der Waals surface area contributed by atoms with Gasteiger partial charge in [-0.25, -0.2) is 13.1 Å². The van der Waals surface area contributed by atoms with Crippen molar-refractivity contribution in [1.82, 2.24) is 14.7 Å². The van der Waals surface area contributed by atoms with Crippen molar-refractivity contribution >= 4 is 15.7 Å². The average Bonchev–Trinajstić information content (AvgIpc) is 3.37. The third-order valence-electron chi connectivity index (χ3n) is 5.51. The number of methoxy groups -OCH3 is 1. The van der Waals surface area contributed by atoms with Crippen molar-refractivity contribution < 1.29 is 17.9 Å². The SMILES string of the molecule is COc1ccc(CN(C(=O)c2ccc(-n3cc(C)cn3)cc2)C2CCS(=O)(=O)C2)cc1. The van der Waals surface area contributed by atoms with Crippen LogP contribution in [-0.4, -0.2) is 53.7 Å². The van der Waals surface area contributed by atoms with Gasteiger partial charge in [0.15, 0.2) is 9.84 Å². The third-order valence-corrected chi connectivity index (χ3v) is 7.26. The molecule has 0 N–H and O–H groups in total. The van der Waals surface area contributed by atoms with E-state index < -0.39 is 9.84 Å². The lowest BCUT2D eigenvalue weighted by Crippen LogP contribution is -2.40. The molecule has 1 aliphatic rings. The first-order valence-electron chi connectivity index (χ1n) is 10.1. The first kappa shape index (κ1) is 21.1. The molecule has 0 aliphatic carbocycles. The van der Waals surface area contributed by atoms with Crippen LogP contribution in [0.5, 0.6) is 5.75 Å². The molecule has 31 heavy (non-hydrogen) atoms. The van der Waals surface area contributed by atoms with E-state index >= 15 is 0 Å². The van der Waals surface area contributed by atoms with E-state index in [0.29, 0.717) is 18.5 Å². The molecule has 1 aliphatic heterocycles. The standard InChI is InChI=1S/C23H25N3O4S/c1-17-13-24-26(14-17)20-7-5-19(6-8-20)23(27)25(21-11-12-31(28,29)16-21)15-18-3-9-22(30-2)10-4-18/h3-10,13-14,21H,11-12,15-16H2,1-2H3. The van der Waals surface area contributed by atoms with E-state index in [-0.39, 0.29) is 23.5 Å². The molecule has 8 heteroatoms. The van der Waals surface area contributed by atoms with Crippen LogP contribution in [0.4, 0.5) is 0 Å². The number of carbonyl (C=O) groups is 1. The summed E-state index contributed by atoms with van der Waals surface area (Å²) in [4.78, 5) is 15.1. The molecule has 0 saturated carbocycles. The van der Waals surface area contributed by atoms with Gasteiger partial charge in [-0.2, -0.15) is 5.10 Å². The minimum Gasteiger partial charge on any atom is -0.497 e. The molecule has 0 radical (unpaired) electrons. The molecular weight excluding hydrogens is 414 g/mol. The third kappa shape index (κ3) is 4.80. The highest BCUT2D eigenvalue weighted by atomic mass is 32.2. The molecule has 4 rings (SSSR count). The lowest BCUT2D eigenvalue weighted by atomic mass is 10.1. The molecule has 3 aromatic rings. The fourth-order valence-corrected chi connectivity index (χ4v) is 5.52. The van der Waals surface area contributed by atoms with E-state index in [2.05, 4.69) is 5.10 Å². The summed E-state index contributed by atoms with van der Waals surface area (Å²) >= 11 is 0. The topological polar surface area (TPSA) is 81.5 Å². The van der Waals surface area contributed by atoms with Gasteiger partial charge < -0.3 is 9.64 Å². The van der Waals surface area contributed by atoms with Gasteiger partial charge in [-0.05, 0) is 60.9 Å². The predicted octanol–water partition coefficient (Wildman–Crippen LogP) is 3.02. The molecule has 7 nitrogen and oxygen atoms in total. The normalized spacial score (nSPS) is 17.4. The second kappa shape index (κ2) is 8.55. The lowest BCUT2D eigenvalue weighted by molar-refractivity contribution is 0.0681. The fourth-order valence-electron chi connectivity index (χ4n) is 3.79. The highest BCUT2D eigenvalue weighted by molar-refractivity contribution is 7.91. The van der Waals surface area contributed by atoms with Crippen LogP contribution in [0.1, 0.15) is 27.9 Å². The minimum absolute atomic E-state index is 0.000454. The van der Waals surface area contributed by atoms with Crippen molar-refractivity contribution in [3.05, 3.63) is 77.6 Å². The van der Waals surface area contributed by atoms with Gasteiger partial charge in [0.2, 0.25) is 0 Å². The van der Waals surface area contributed by atoms with Crippen LogP contribution < -0.4 is 4.74 Å². The van der Waals surface area contributed by atoms with Crippen molar-refractivity contribution in [2.45, 2.75) is 25.9 Å². The Morgan fingerprint density at radius 2 is 1.87 bits per heavy atom. The predicted molar refractivity (Wildman–Crippen MR) is 118 cm³/mol. The molecule has 0 spiro atoms. The molecule has 1 fully saturated rings. The Morgan fingerprint density at radius 1 is 1.16 bits per heavy atom. The summed E-state index contributed by atoms with van der Waals surface area (Å²) in [5.74, 6) is 0.664. The molecule has 1 unspecified atom stereocenters. The number of carbonyl (C=O) groups excluding carboxylic acids is 1. The molecule has 1 aromatic heterocycles. The maximum absolute atomic E-state index is 13.4. The Morgan fingerprint density at radius 3 is 2.42 bits per heavy atom. The molecular formula is C23H25N3O4S. The van der Waals surface area contributed by atoms with Gasteiger partial charge >= 0.3 is 0 Å².